The highest BCUT2D eigenvalue weighted by molar-refractivity contribution is 5.98. The third-order valence-electron chi connectivity index (χ3n) is 4.32. The van der Waals surface area contributed by atoms with E-state index in [0.717, 1.165) is 0 Å². The number of nitrogen functional groups attached to an aromatic ring is 1. The van der Waals surface area contributed by atoms with Gasteiger partial charge in [-0.3, -0.25) is 20.6 Å². The van der Waals surface area contributed by atoms with Gasteiger partial charge >= 0.3 is 0 Å². The molecule has 1 amide bonds. The first kappa shape index (κ1) is 20.5. The molecular formula is C20H19N9O3. The Morgan fingerprint density at radius 1 is 1.19 bits per heavy atom. The predicted molar refractivity (Wildman–Crippen MR) is 114 cm³/mol. The molecule has 12 nitrogen and oxygen atoms in total. The smallest absolute Gasteiger partial charge is 0.292 e. The molecule has 32 heavy (non-hydrogen) atoms. The third kappa shape index (κ3) is 4.09. The Morgan fingerprint density at radius 3 is 2.66 bits per heavy atom. The van der Waals surface area contributed by atoms with Gasteiger partial charge in [0.05, 0.1) is 18.0 Å². The first-order valence-corrected chi connectivity index (χ1v) is 9.52. The van der Waals surface area contributed by atoms with Crippen molar-refractivity contribution in [3.05, 3.63) is 66.6 Å². The van der Waals surface area contributed by atoms with Gasteiger partial charge in [-0.15, -0.1) is 5.10 Å². The van der Waals surface area contributed by atoms with Crippen LogP contribution in [0.25, 0.3) is 22.8 Å². The molecule has 0 saturated heterocycles. The number of hydrogen-bond donors (Lipinski definition) is 3. The van der Waals surface area contributed by atoms with Gasteiger partial charge in [0.15, 0.2) is 5.69 Å². The van der Waals surface area contributed by atoms with E-state index in [1.807, 2.05) is 13.0 Å². The molecule has 0 atom stereocenters. The average Bonchev–Trinajstić information content (AvgIpc) is 3.44. The minimum absolute atomic E-state index is 0.00398. The zero-order valence-corrected chi connectivity index (χ0v) is 17.0. The minimum atomic E-state index is -0.563. The number of carbonyl (C=O) groups excluding carboxylic acids is 1. The fraction of sp³-hybridized carbons (Fsp3) is 0.100. The zero-order chi connectivity index (χ0) is 22.5. The largest absolute Gasteiger partial charge is 0.494 e. The summed E-state index contributed by atoms with van der Waals surface area (Å²) >= 11 is 0. The quantitative estimate of drug-likeness (QED) is 0.348. The molecule has 1 aromatic carbocycles. The van der Waals surface area contributed by atoms with Crippen LogP contribution in [0.5, 0.6) is 5.75 Å². The molecule has 0 unspecified atom stereocenters. The second-order valence-electron chi connectivity index (χ2n) is 6.40. The number of aromatic nitrogens is 6. The molecule has 0 aliphatic heterocycles. The van der Waals surface area contributed by atoms with Gasteiger partial charge in [-0.2, -0.15) is 4.68 Å². The average molecular weight is 433 g/mol. The van der Waals surface area contributed by atoms with E-state index in [4.69, 9.17) is 10.5 Å². The van der Waals surface area contributed by atoms with Crippen LogP contribution in [0, 0.1) is 0 Å². The van der Waals surface area contributed by atoms with Crippen molar-refractivity contribution in [1.29, 1.82) is 0 Å². The Hall–Kier alpha value is -4.74. The monoisotopic (exact) mass is 433 g/mol. The van der Waals surface area contributed by atoms with E-state index in [1.165, 1.54) is 4.68 Å². The van der Waals surface area contributed by atoms with Crippen LogP contribution < -0.4 is 21.3 Å². The normalized spacial score (nSPS) is 10.5. The highest BCUT2D eigenvalue weighted by Gasteiger charge is 2.25. The summed E-state index contributed by atoms with van der Waals surface area (Å²) in [6.45, 7) is 6.28. The second kappa shape index (κ2) is 8.95. The molecule has 0 spiro atoms. The van der Waals surface area contributed by atoms with Crippen molar-refractivity contribution in [2.75, 3.05) is 12.3 Å². The van der Waals surface area contributed by atoms with E-state index in [2.05, 4.69) is 47.7 Å². The Balaban J connectivity index is 1.66. The predicted octanol–water partition coefficient (Wildman–Crippen LogP) is 1.60. The number of pyridine rings is 1. The highest BCUT2D eigenvalue weighted by atomic mass is 16.6. The summed E-state index contributed by atoms with van der Waals surface area (Å²) in [6.07, 6.45) is 1.62. The highest BCUT2D eigenvalue weighted by Crippen LogP contribution is 2.28. The number of anilines is 1. The van der Waals surface area contributed by atoms with Crippen LogP contribution in [0.2, 0.25) is 0 Å². The first-order valence-electron chi connectivity index (χ1n) is 9.52. The van der Waals surface area contributed by atoms with Crippen molar-refractivity contribution >= 4 is 17.4 Å². The van der Waals surface area contributed by atoms with Crippen LogP contribution in [-0.2, 0) is 0 Å². The number of hydrogen-bond acceptors (Lipinski definition) is 10. The molecule has 3 aromatic heterocycles. The number of nitrogens with one attached hydrogen (secondary N) is 2. The number of nitrogens with zero attached hydrogens (tertiary/aromatic N) is 6. The Morgan fingerprint density at radius 2 is 2.00 bits per heavy atom. The number of rotatable bonds is 8. The van der Waals surface area contributed by atoms with Gasteiger partial charge in [-0.1, -0.05) is 17.9 Å². The molecule has 12 heteroatoms. The summed E-state index contributed by atoms with van der Waals surface area (Å²) in [6, 6.07) is 12.4. The molecule has 0 radical (unpaired) electrons. The van der Waals surface area contributed by atoms with E-state index in [0.29, 0.717) is 35.0 Å². The van der Waals surface area contributed by atoms with Gasteiger partial charge in [-0.25, -0.2) is 4.63 Å². The number of benzene rings is 1. The first-order chi connectivity index (χ1) is 15.6. The molecule has 4 rings (SSSR count). The van der Waals surface area contributed by atoms with Crippen LogP contribution in [0.15, 0.2) is 59.9 Å². The number of amides is 1. The maximum atomic E-state index is 12.9. The fourth-order valence-corrected chi connectivity index (χ4v) is 2.85. The maximum Gasteiger partial charge on any atom is 0.292 e. The lowest BCUT2D eigenvalue weighted by Gasteiger charge is -2.11. The van der Waals surface area contributed by atoms with Gasteiger partial charge < -0.3 is 10.5 Å². The van der Waals surface area contributed by atoms with Gasteiger partial charge in [0, 0.05) is 11.8 Å². The van der Waals surface area contributed by atoms with Crippen molar-refractivity contribution in [2.24, 2.45) is 0 Å². The maximum absolute atomic E-state index is 12.9. The van der Waals surface area contributed by atoms with Crippen molar-refractivity contribution in [3.8, 4) is 22.8 Å². The molecule has 0 bridgehead atoms. The molecular weight excluding hydrogens is 414 g/mol. The molecule has 4 N–H and O–H groups in total. The molecule has 3 heterocycles. The van der Waals surface area contributed by atoms with Gasteiger partial charge in [0.1, 0.15) is 11.4 Å². The van der Waals surface area contributed by atoms with E-state index < -0.39 is 5.91 Å². The Kier molecular flexibility index (Phi) is 5.74. The minimum Gasteiger partial charge on any atom is -0.494 e. The SMILES string of the molecule is C=C(NNC(=O)c1nnn(-c2nonc2N)c1-c1ccc(OCC)cc1)c1ccccn1. The second-order valence-corrected chi connectivity index (χ2v) is 6.40. The van der Waals surface area contributed by atoms with Gasteiger partial charge in [0.25, 0.3) is 5.91 Å². The van der Waals surface area contributed by atoms with Crippen LogP contribution in [0.4, 0.5) is 5.82 Å². The molecule has 162 valence electrons. The standard InChI is InChI=1S/C20H19N9O3/c1-3-31-14-9-7-13(8-10-14)17-16(24-28-29(17)19-18(21)26-32-27-19)20(30)25-23-12(2)15-6-4-5-11-22-15/h4-11,23H,2-3H2,1H3,(H2,21,26)(H,25,30). The molecule has 0 aliphatic carbocycles. The number of hydrazine groups is 1. The van der Waals surface area contributed by atoms with Crippen LogP contribution in [0.3, 0.4) is 0 Å². The van der Waals surface area contributed by atoms with E-state index >= 15 is 0 Å². The lowest BCUT2D eigenvalue weighted by Crippen LogP contribution is -2.36. The third-order valence-corrected chi connectivity index (χ3v) is 4.32. The number of nitrogens with two attached hydrogens (primary N) is 1. The lowest BCUT2D eigenvalue weighted by molar-refractivity contribution is 0.0938. The molecule has 0 aliphatic rings. The lowest BCUT2D eigenvalue weighted by atomic mass is 10.1. The number of carbonyl (C=O) groups is 1. The zero-order valence-electron chi connectivity index (χ0n) is 17.0. The van der Waals surface area contributed by atoms with Crippen LogP contribution >= 0.6 is 0 Å². The van der Waals surface area contributed by atoms with Crippen LogP contribution in [0.1, 0.15) is 23.1 Å². The molecule has 4 aromatic rings. The molecule has 0 saturated carbocycles. The summed E-state index contributed by atoms with van der Waals surface area (Å²) < 4.78 is 11.4. The molecule has 0 fully saturated rings. The van der Waals surface area contributed by atoms with Crippen LogP contribution in [-0.4, -0.2) is 42.8 Å². The Labute approximate surface area is 182 Å². The summed E-state index contributed by atoms with van der Waals surface area (Å²) in [5.74, 6) is 0.214. The summed E-state index contributed by atoms with van der Waals surface area (Å²) in [7, 11) is 0. The van der Waals surface area contributed by atoms with Crippen molar-refractivity contribution in [1.82, 2.24) is 41.1 Å². The fourth-order valence-electron chi connectivity index (χ4n) is 2.85. The van der Waals surface area contributed by atoms with Gasteiger partial charge in [-0.05, 0) is 53.6 Å². The van der Waals surface area contributed by atoms with Crippen molar-refractivity contribution in [3.63, 3.8) is 0 Å². The van der Waals surface area contributed by atoms with Crippen molar-refractivity contribution < 1.29 is 14.2 Å². The van der Waals surface area contributed by atoms with E-state index in [-0.39, 0.29) is 17.3 Å². The van der Waals surface area contributed by atoms with E-state index in [9.17, 15) is 4.79 Å². The summed E-state index contributed by atoms with van der Waals surface area (Å²) in [4.78, 5) is 17.1. The van der Waals surface area contributed by atoms with Gasteiger partial charge in [0.2, 0.25) is 11.6 Å². The number of ether oxygens (including phenoxy) is 1. The van der Waals surface area contributed by atoms with E-state index in [1.54, 1.807) is 42.6 Å². The van der Waals surface area contributed by atoms with Crippen molar-refractivity contribution in [2.45, 2.75) is 6.92 Å². The Bertz CT molecular complexity index is 1230. The topological polar surface area (TPSA) is 159 Å². The summed E-state index contributed by atoms with van der Waals surface area (Å²) in [5, 5.41) is 15.4. The summed E-state index contributed by atoms with van der Waals surface area (Å²) in [5.41, 5.74) is 13.0.